The van der Waals surface area contributed by atoms with E-state index < -0.39 is 11.6 Å². The third-order valence-electron chi connectivity index (χ3n) is 1.71. The van der Waals surface area contributed by atoms with Crippen molar-refractivity contribution in [3.8, 4) is 0 Å². The van der Waals surface area contributed by atoms with E-state index >= 15 is 0 Å². The van der Waals surface area contributed by atoms with Crippen LogP contribution in [0.15, 0.2) is 24.4 Å². The maximum Gasteiger partial charge on any atom is 0.335 e. The van der Waals surface area contributed by atoms with Gasteiger partial charge < -0.3 is 10.2 Å². The third kappa shape index (κ3) is 2.52. The number of carboxylic acid groups (broad SMARTS) is 1. The zero-order valence-electron chi connectivity index (χ0n) is 7.27. The predicted molar refractivity (Wildman–Crippen MR) is 46.2 cm³/mol. The van der Waals surface area contributed by atoms with Crippen LogP contribution >= 0.6 is 0 Å². The summed E-state index contributed by atoms with van der Waals surface area (Å²) in [6.07, 6.45) is 1.58. The number of nitrogens with zero attached hydrogens (tertiary/aromatic N) is 1. The summed E-state index contributed by atoms with van der Waals surface area (Å²) in [6.45, 7) is 1.25. The first-order valence-corrected chi connectivity index (χ1v) is 3.88. The van der Waals surface area contributed by atoms with Crippen LogP contribution in [0.2, 0.25) is 0 Å². The molecule has 70 valence electrons. The molecule has 0 saturated carbocycles. The Morgan fingerprint density at radius 2 is 2.31 bits per heavy atom. The van der Waals surface area contributed by atoms with Crippen LogP contribution < -0.4 is 0 Å². The summed E-state index contributed by atoms with van der Waals surface area (Å²) < 4.78 is 0. The zero-order valence-corrected chi connectivity index (χ0v) is 7.27. The van der Waals surface area contributed by atoms with E-state index in [1.165, 1.54) is 6.92 Å². The van der Waals surface area contributed by atoms with E-state index in [4.69, 9.17) is 5.11 Å². The summed E-state index contributed by atoms with van der Waals surface area (Å²) >= 11 is 0. The van der Waals surface area contributed by atoms with Crippen LogP contribution in [0.3, 0.4) is 0 Å². The highest BCUT2D eigenvalue weighted by Crippen LogP contribution is 2.10. The molecule has 2 N–H and O–H groups in total. The molecule has 0 radical (unpaired) electrons. The number of aliphatic hydroxyl groups is 1. The summed E-state index contributed by atoms with van der Waals surface area (Å²) in [5, 5.41) is 18.0. The van der Waals surface area contributed by atoms with Crippen molar-refractivity contribution in [1.82, 2.24) is 4.98 Å². The number of pyridine rings is 1. The summed E-state index contributed by atoms with van der Waals surface area (Å²) in [5.41, 5.74) is -1.18. The van der Waals surface area contributed by atoms with Crippen molar-refractivity contribution in [2.45, 2.75) is 18.9 Å². The van der Waals surface area contributed by atoms with Gasteiger partial charge >= 0.3 is 5.97 Å². The standard InChI is InChI=1S/C9H11NO3/c1-9(13,8(11)12)6-7-4-2-3-5-10-7/h2-5,13H,6H2,1H3,(H,11,12). The van der Waals surface area contributed by atoms with Gasteiger partial charge in [0.25, 0.3) is 0 Å². The van der Waals surface area contributed by atoms with Crippen LogP contribution in [0.4, 0.5) is 0 Å². The Morgan fingerprint density at radius 3 is 2.77 bits per heavy atom. The van der Waals surface area contributed by atoms with Gasteiger partial charge in [0, 0.05) is 18.3 Å². The van der Waals surface area contributed by atoms with Crippen molar-refractivity contribution < 1.29 is 15.0 Å². The normalized spacial score (nSPS) is 14.9. The molecule has 13 heavy (non-hydrogen) atoms. The van der Waals surface area contributed by atoms with E-state index in [9.17, 15) is 9.90 Å². The fourth-order valence-corrected chi connectivity index (χ4v) is 0.931. The van der Waals surface area contributed by atoms with Crippen molar-refractivity contribution in [1.29, 1.82) is 0 Å². The lowest BCUT2D eigenvalue weighted by Crippen LogP contribution is -2.37. The minimum atomic E-state index is -1.74. The van der Waals surface area contributed by atoms with Crippen molar-refractivity contribution in [2.24, 2.45) is 0 Å². The molecule has 0 aliphatic rings. The Kier molecular flexibility index (Phi) is 2.63. The van der Waals surface area contributed by atoms with E-state index in [1.807, 2.05) is 0 Å². The molecule has 0 saturated heterocycles. The maximum atomic E-state index is 10.5. The number of carboxylic acids is 1. The number of aliphatic carboxylic acids is 1. The highest BCUT2D eigenvalue weighted by atomic mass is 16.4. The zero-order chi connectivity index (χ0) is 9.90. The van der Waals surface area contributed by atoms with Gasteiger partial charge in [-0.1, -0.05) is 6.07 Å². The highest BCUT2D eigenvalue weighted by Gasteiger charge is 2.30. The molecule has 0 spiro atoms. The Balaban J connectivity index is 2.75. The molecule has 0 fully saturated rings. The molecule has 1 aromatic heterocycles. The molecule has 0 bridgehead atoms. The van der Waals surface area contributed by atoms with Gasteiger partial charge in [-0.05, 0) is 19.1 Å². The average molecular weight is 181 g/mol. The highest BCUT2D eigenvalue weighted by molar-refractivity contribution is 5.76. The molecule has 0 aliphatic carbocycles. The molecular formula is C9H11NO3. The molecular weight excluding hydrogens is 170 g/mol. The number of hydrogen-bond donors (Lipinski definition) is 2. The van der Waals surface area contributed by atoms with Gasteiger partial charge in [0.2, 0.25) is 0 Å². The minimum Gasteiger partial charge on any atom is -0.479 e. The van der Waals surface area contributed by atoms with Crippen molar-refractivity contribution in [3.05, 3.63) is 30.1 Å². The van der Waals surface area contributed by atoms with Gasteiger partial charge in [-0.3, -0.25) is 4.98 Å². The van der Waals surface area contributed by atoms with Crippen LogP contribution in [-0.4, -0.2) is 26.8 Å². The number of aromatic nitrogens is 1. The smallest absolute Gasteiger partial charge is 0.335 e. The van der Waals surface area contributed by atoms with E-state index in [1.54, 1.807) is 24.4 Å². The molecule has 1 unspecified atom stereocenters. The first-order valence-electron chi connectivity index (χ1n) is 3.88. The molecule has 1 atom stereocenters. The van der Waals surface area contributed by atoms with E-state index in [-0.39, 0.29) is 6.42 Å². The van der Waals surface area contributed by atoms with Crippen LogP contribution in [0, 0.1) is 0 Å². The fourth-order valence-electron chi connectivity index (χ4n) is 0.931. The maximum absolute atomic E-state index is 10.5. The lowest BCUT2D eigenvalue weighted by molar-refractivity contribution is -0.156. The van der Waals surface area contributed by atoms with Gasteiger partial charge in [-0.15, -0.1) is 0 Å². The Labute approximate surface area is 75.9 Å². The molecule has 4 heteroatoms. The molecule has 0 aliphatic heterocycles. The topological polar surface area (TPSA) is 70.4 Å². The fraction of sp³-hybridized carbons (Fsp3) is 0.333. The SMILES string of the molecule is CC(O)(Cc1ccccn1)C(=O)O. The quantitative estimate of drug-likeness (QED) is 0.710. The third-order valence-corrected chi connectivity index (χ3v) is 1.71. The summed E-state index contributed by atoms with van der Waals surface area (Å²) in [5.74, 6) is -1.24. The van der Waals surface area contributed by atoms with Gasteiger partial charge in [-0.2, -0.15) is 0 Å². The van der Waals surface area contributed by atoms with Crippen molar-refractivity contribution in [3.63, 3.8) is 0 Å². The second-order valence-corrected chi connectivity index (χ2v) is 3.08. The average Bonchev–Trinajstić information content (AvgIpc) is 2.05. The van der Waals surface area contributed by atoms with E-state index in [2.05, 4.69) is 4.98 Å². The van der Waals surface area contributed by atoms with Gasteiger partial charge in [-0.25, -0.2) is 4.79 Å². The Bertz CT molecular complexity index is 295. The molecule has 0 aromatic carbocycles. The van der Waals surface area contributed by atoms with Crippen LogP contribution in [0.5, 0.6) is 0 Å². The van der Waals surface area contributed by atoms with Crippen molar-refractivity contribution in [2.75, 3.05) is 0 Å². The second kappa shape index (κ2) is 3.53. The Hall–Kier alpha value is -1.42. The lowest BCUT2D eigenvalue weighted by atomic mass is 10.0. The molecule has 1 heterocycles. The van der Waals surface area contributed by atoms with Crippen LogP contribution in [-0.2, 0) is 11.2 Å². The largest absolute Gasteiger partial charge is 0.479 e. The summed E-state index contributed by atoms with van der Waals surface area (Å²) in [6, 6.07) is 5.16. The Morgan fingerprint density at radius 1 is 1.62 bits per heavy atom. The molecule has 1 aromatic rings. The summed E-state index contributed by atoms with van der Waals surface area (Å²) in [7, 11) is 0. The minimum absolute atomic E-state index is 0.0170. The molecule has 0 amide bonds. The second-order valence-electron chi connectivity index (χ2n) is 3.08. The number of hydrogen-bond acceptors (Lipinski definition) is 3. The summed E-state index contributed by atoms with van der Waals surface area (Å²) in [4.78, 5) is 14.5. The van der Waals surface area contributed by atoms with Gasteiger partial charge in [0.1, 0.15) is 0 Å². The predicted octanol–water partition coefficient (Wildman–Crippen LogP) is 0.460. The van der Waals surface area contributed by atoms with Crippen LogP contribution in [0.25, 0.3) is 0 Å². The first kappa shape index (κ1) is 9.67. The lowest BCUT2D eigenvalue weighted by Gasteiger charge is -2.16. The van der Waals surface area contributed by atoms with E-state index in [0.717, 1.165) is 0 Å². The van der Waals surface area contributed by atoms with Gasteiger partial charge in [0.05, 0.1) is 0 Å². The molecule has 1 rings (SSSR count). The number of carbonyl (C=O) groups is 1. The van der Waals surface area contributed by atoms with E-state index in [0.29, 0.717) is 5.69 Å². The molecule has 4 nitrogen and oxygen atoms in total. The van der Waals surface area contributed by atoms with Crippen molar-refractivity contribution >= 4 is 5.97 Å². The number of rotatable bonds is 3. The van der Waals surface area contributed by atoms with Crippen LogP contribution in [0.1, 0.15) is 12.6 Å². The van der Waals surface area contributed by atoms with Gasteiger partial charge in [0.15, 0.2) is 5.60 Å². The first-order chi connectivity index (χ1) is 6.02. The monoisotopic (exact) mass is 181 g/mol.